The highest BCUT2D eigenvalue weighted by molar-refractivity contribution is 7.22. The number of aromatic nitrogens is 1. The third-order valence-electron chi connectivity index (χ3n) is 4.64. The lowest BCUT2D eigenvalue weighted by Gasteiger charge is -2.21. The number of benzene rings is 2. The van der Waals surface area contributed by atoms with Crippen LogP contribution in [0.4, 0.5) is 5.13 Å². The smallest absolute Gasteiger partial charge is 0.260 e. The minimum absolute atomic E-state index is 0.142. The first-order valence-electron chi connectivity index (χ1n) is 9.59. The van der Waals surface area contributed by atoms with E-state index in [9.17, 15) is 4.79 Å². The van der Waals surface area contributed by atoms with Crippen LogP contribution in [0.2, 0.25) is 0 Å². The molecule has 0 spiro atoms. The van der Waals surface area contributed by atoms with Crippen LogP contribution in [-0.4, -0.2) is 64.3 Å². The summed E-state index contributed by atoms with van der Waals surface area (Å²) < 4.78 is 17.0. The number of nitrogens with zero attached hydrogens (tertiary/aromatic N) is 3. The van der Waals surface area contributed by atoms with Gasteiger partial charge in [-0.2, -0.15) is 0 Å². The van der Waals surface area contributed by atoms with Crippen LogP contribution in [-0.2, 0) is 0 Å². The van der Waals surface area contributed by atoms with Crippen molar-refractivity contribution in [1.29, 1.82) is 0 Å². The van der Waals surface area contributed by atoms with Crippen molar-refractivity contribution in [2.75, 3.05) is 53.4 Å². The normalized spacial score (nSPS) is 11.0. The van der Waals surface area contributed by atoms with Crippen LogP contribution in [0.15, 0.2) is 36.4 Å². The first-order valence-corrected chi connectivity index (χ1v) is 10.4. The van der Waals surface area contributed by atoms with E-state index in [1.165, 1.54) is 11.3 Å². The first kappa shape index (κ1) is 21.9. The molecule has 8 heteroatoms. The van der Waals surface area contributed by atoms with E-state index in [-0.39, 0.29) is 5.91 Å². The van der Waals surface area contributed by atoms with Crippen LogP contribution in [0.5, 0.6) is 17.2 Å². The van der Waals surface area contributed by atoms with Gasteiger partial charge in [-0.15, -0.1) is 0 Å². The summed E-state index contributed by atoms with van der Waals surface area (Å²) in [5.74, 6) is 1.74. The summed E-state index contributed by atoms with van der Waals surface area (Å²) in [6, 6.07) is 10.9. The van der Waals surface area contributed by atoms with Gasteiger partial charge in [-0.1, -0.05) is 11.3 Å². The molecule has 30 heavy (non-hydrogen) atoms. The van der Waals surface area contributed by atoms with Gasteiger partial charge in [-0.3, -0.25) is 9.69 Å². The second kappa shape index (κ2) is 9.77. The fourth-order valence-corrected chi connectivity index (χ4v) is 4.02. The molecule has 7 nitrogen and oxygen atoms in total. The number of thiazole rings is 1. The molecule has 0 aliphatic rings. The van der Waals surface area contributed by atoms with Gasteiger partial charge >= 0.3 is 0 Å². The molecule has 160 valence electrons. The second-order valence-electron chi connectivity index (χ2n) is 7.05. The number of fused-ring (bicyclic) bond motifs is 1. The third-order valence-corrected chi connectivity index (χ3v) is 5.70. The van der Waals surface area contributed by atoms with Crippen molar-refractivity contribution >= 4 is 32.6 Å². The molecule has 0 bridgehead atoms. The topological polar surface area (TPSA) is 64.1 Å². The van der Waals surface area contributed by atoms with Crippen LogP contribution in [0.3, 0.4) is 0 Å². The number of hydrogen-bond acceptors (Lipinski definition) is 7. The van der Waals surface area contributed by atoms with Gasteiger partial charge in [-0.05, 0) is 51.3 Å². The van der Waals surface area contributed by atoms with Gasteiger partial charge in [0.15, 0.2) is 5.13 Å². The van der Waals surface area contributed by atoms with E-state index in [1.54, 1.807) is 44.4 Å². The van der Waals surface area contributed by atoms with E-state index in [2.05, 4.69) is 4.90 Å². The summed E-state index contributed by atoms with van der Waals surface area (Å²) in [5, 5.41) is 0.656. The maximum Gasteiger partial charge on any atom is 0.260 e. The monoisotopic (exact) mass is 429 g/mol. The Morgan fingerprint density at radius 1 is 0.933 bits per heavy atom. The summed E-state index contributed by atoms with van der Waals surface area (Å²) in [5.41, 5.74) is 1.30. The Morgan fingerprint density at radius 2 is 1.60 bits per heavy atom. The summed E-state index contributed by atoms with van der Waals surface area (Å²) in [7, 11) is 8.80. The number of methoxy groups -OCH3 is 3. The molecule has 1 amide bonds. The lowest BCUT2D eigenvalue weighted by atomic mass is 10.1. The van der Waals surface area contributed by atoms with Crippen LogP contribution in [0, 0.1) is 0 Å². The van der Waals surface area contributed by atoms with Crippen molar-refractivity contribution in [1.82, 2.24) is 9.88 Å². The van der Waals surface area contributed by atoms with Crippen molar-refractivity contribution in [2.24, 2.45) is 0 Å². The lowest BCUT2D eigenvalue weighted by molar-refractivity contribution is 0.0985. The second-order valence-corrected chi connectivity index (χ2v) is 8.05. The summed E-state index contributed by atoms with van der Waals surface area (Å²) in [6.45, 7) is 1.41. The number of hydrogen-bond donors (Lipinski definition) is 0. The largest absolute Gasteiger partial charge is 0.497 e. The summed E-state index contributed by atoms with van der Waals surface area (Å²) in [4.78, 5) is 22.0. The van der Waals surface area contributed by atoms with E-state index in [0.717, 1.165) is 28.9 Å². The van der Waals surface area contributed by atoms with Gasteiger partial charge in [0, 0.05) is 24.2 Å². The van der Waals surface area contributed by atoms with Crippen LogP contribution in [0.25, 0.3) is 10.2 Å². The molecule has 0 atom stereocenters. The van der Waals surface area contributed by atoms with Crippen LogP contribution < -0.4 is 19.1 Å². The standard InChI is InChI=1S/C22H27N3O4S/c1-24(2)9-6-10-25(21(26)15-11-17(28-4)13-18(12-15)29-5)22-23-19-14-16(27-3)7-8-20(19)30-22/h7-8,11-14H,6,9-10H2,1-5H3. The molecule has 0 aliphatic heterocycles. The van der Waals surface area contributed by atoms with Gasteiger partial charge in [-0.25, -0.2) is 4.98 Å². The third kappa shape index (κ3) is 5.01. The molecular weight excluding hydrogens is 402 g/mol. The predicted molar refractivity (Wildman–Crippen MR) is 121 cm³/mol. The Bertz CT molecular complexity index is 997. The number of carbonyl (C=O) groups is 1. The molecule has 2 aromatic carbocycles. The highest BCUT2D eigenvalue weighted by atomic mass is 32.1. The molecule has 0 radical (unpaired) electrons. The molecule has 1 aromatic heterocycles. The lowest BCUT2D eigenvalue weighted by Crippen LogP contribution is -2.33. The van der Waals surface area contributed by atoms with Crippen molar-refractivity contribution in [2.45, 2.75) is 6.42 Å². The average molecular weight is 430 g/mol. The summed E-state index contributed by atoms with van der Waals surface area (Å²) >= 11 is 1.49. The number of anilines is 1. The van der Waals surface area contributed by atoms with Gasteiger partial charge < -0.3 is 19.1 Å². The molecule has 0 N–H and O–H groups in total. The maximum absolute atomic E-state index is 13.5. The molecule has 1 heterocycles. The molecule has 0 unspecified atom stereocenters. The van der Waals surface area contributed by atoms with E-state index in [1.807, 2.05) is 32.3 Å². The quantitative estimate of drug-likeness (QED) is 0.514. The minimum atomic E-state index is -0.142. The van der Waals surface area contributed by atoms with Crippen molar-refractivity contribution in [3.8, 4) is 17.2 Å². The number of rotatable bonds is 9. The molecule has 3 aromatic rings. The minimum Gasteiger partial charge on any atom is -0.497 e. The SMILES string of the molecule is COc1cc(OC)cc(C(=O)N(CCCN(C)C)c2nc3cc(OC)ccc3s2)c1. The molecule has 0 saturated carbocycles. The highest BCUT2D eigenvalue weighted by Crippen LogP contribution is 2.33. The van der Waals surface area contributed by atoms with Crippen molar-refractivity contribution < 1.29 is 19.0 Å². The Labute approximate surface area is 180 Å². The predicted octanol–water partition coefficient (Wildman–Crippen LogP) is 3.92. The fraction of sp³-hybridized carbons (Fsp3) is 0.364. The number of ether oxygens (including phenoxy) is 3. The Hall–Kier alpha value is -2.84. The fourth-order valence-electron chi connectivity index (χ4n) is 3.05. The zero-order chi connectivity index (χ0) is 21.7. The number of amides is 1. The van der Waals surface area contributed by atoms with E-state index < -0.39 is 0 Å². The zero-order valence-electron chi connectivity index (χ0n) is 18.0. The molecule has 0 saturated heterocycles. The van der Waals surface area contributed by atoms with Crippen LogP contribution in [0.1, 0.15) is 16.8 Å². The van der Waals surface area contributed by atoms with E-state index in [4.69, 9.17) is 19.2 Å². The molecule has 0 aliphatic carbocycles. The maximum atomic E-state index is 13.5. The summed E-state index contributed by atoms with van der Waals surface area (Å²) in [6.07, 6.45) is 0.819. The van der Waals surface area contributed by atoms with E-state index in [0.29, 0.717) is 28.7 Å². The van der Waals surface area contributed by atoms with Crippen molar-refractivity contribution in [3.63, 3.8) is 0 Å². The van der Waals surface area contributed by atoms with Gasteiger partial charge in [0.25, 0.3) is 5.91 Å². The molecular formula is C22H27N3O4S. The van der Waals surface area contributed by atoms with E-state index >= 15 is 0 Å². The Kier molecular flexibility index (Phi) is 7.12. The van der Waals surface area contributed by atoms with Crippen LogP contribution >= 0.6 is 11.3 Å². The van der Waals surface area contributed by atoms with Crippen molar-refractivity contribution in [3.05, 3.63) is 42.0 Å². The average Bonchev–Trinajstić information content (AvgIpc) is 3.18. The van der Waals surface area contributed by atoms with Gasteiger partial charge in [0.2, 0.25) is 0 Å². The van der Waals surface area contributed by atoms with Gasteiger partial charge in [0.05, 0.1) is 31.5 Å². The number of carbonyl (C=O) groups excluding carboxylic acids is 1. The first-order chi connectivity index (χ1) is 14.4. The Balaban J connectivity index is 1.99. The molecule has 3 rings (SSSR count). The highest BCUT2D eigenvalue weighted by Gasteiger charge is 2.22. The zero-order valence-corrected chi connectivity index (χ0v) is 18.8. The molecule has 0 fully saturated rings. The van der Waals surface area contributed by atoms with Gasteiger partial charge in [0.1, 0.15) is 17.2 Å². The Morgan fingerprint density at radius 3 is 2.20 bits per heavy atom.